The van der Waals surface area contributed by atoms with Crippen LogP contribution in [0.3, 0.4) is 0 Å². The van der Waals surface area contributed by atoms with E-state index >= 15 is 0 Å². The van der Waals surface area contributed by atoms with Crippen LogP contribution in [0.25, 0.3) is 0 Å². The molecule has 0 aromatic carbocycles. The molecule has 1 unspecified atom stereocenters. The Morgan fingerprint density at radius 2 is 2.33 bits per heavy atom. The van der Waals surface area contributed by atoms with Crippen LogP contribution in [-0.4, -0.2) is 21.2 Å². The van der Waals surface area contributed by atoms with Crippen molar-refractivity contribution in [2.75, 3.05) is 6.54 Å². The summed E-state index contributed by atoms with van der Waals surface area (Å²) in [5, 5.41) is 0. The number of hydrogen-bond donors (Lipinski definition) is 2. The molecule has 0 aliphatic carbocycles. The molecule has 0 aromatic heterocycles. The Morgan fingerprint density at radius 3 is 2.67 bits per heavy atom. The van der Waals surface area contributed by atoms with Gasteiger partial charge in [-0.1, -0.05) is 0 Å². The van der Waals surface area contributed by atoms with E-state index in [0.29, 0.717) is 0 Å². The molecular weight excluding hydrogens is 144 g/mol. The Balaban J connectivity index is 3.39. The van der Waals surface area contributed by atoms with Crippen molar-refractivity contribution in [3.8, 4) is 0 Å². The van der Waals surface area contributed by atoms with E-state index in [4.69, 9.17) is 5.73 Å². The van der Waals surface area contributed by atoms with Crippen LogP contribution in [0.4, 0.5) is 0 Å². The molecule has 9 heavy (non-hydrogen) atoms. The molecule has 5 nitrogen and oxygen atoms in total. The van der Waals surface area contributed by atoms with Gasteiger partial charge in [-0.15, -0.1) is 0 Å². The van der Waals surface area contributed by atoms with E-state index in [1.165, 1.54) is 0 Å². The van der Waals surface area contributed by atoms with Crippen molar-refractivity contribution in [3.05, 3.63) is 0 Å². The third-order valence-corrected chi connectivity index (χ3v) is 0.963. The third kappa shape index (κ3) is 5.41. The highest BCUT2D eigenvalue weighted by molar-refractivity contribution is 7.77. The highest BCUT2D eigenvalue weighted by atomic mass is 32.2. The smallest absolute Gasteiger partial charge is 0.232 e. The van der Waals surface area contributed by atoms with Crippen LogP contribution in [0, 0.1) is 0 Å². The van der Waals surface area contributed by atoms with Crippen LogP contribution >= 0.6 is 0 Å². The maximum Gasteiger partial charge on any atom is 0.232 e. The number of nitrogens with one attached hydrogen (secondary N) is 1. The van der Waals surface area contributed by atoms with Gasteiger partial charge in [-0.2, -0.15) is 0 Å². The second-order valence-electron chi connectivity index (χ2n) is 1.30. The minimum Gasteiger partial charge on any atom is -0.755 e. The SMILES string of the molecule is NCCC(=O)NS(=O)[O-]. The molecule has 1 atom stereocenters. The Hall–Kier alpha value is -0.460. The average Bonchev–Trinajstić information content (AvgIpc) is 1.63. The van der Waals surface area contributed by atoms with Crippen molar-refractivity contribution in [1.82, 2.24) is 4.72 Å². The molecule has 0 fully saturated rings. The maximum absolute atomic E-state index is 10.3. The highest BCUT2D eigenvalue weighted by Crippen LogP contribution is 1.74. The normalized spacial score (nSPS) is 12.7. The van der Waals surface area contributed by atoms with Gasteiger partial charge in [0.25, 0.3) is 0 Å². The topological polar surface area (TPSA) is 95.2 Å². The lowest BCUT2D eigenvalue weighted by Gasteiger charge is -2.04. The van der Waals surface area contributed by atoms with Gasteiger partial charge in [-0.05, 0) is 0 Å². The van der Waals surface area contributed by atoms with Gasteiger partial charge in [-0.3, -0.25) is 13.7 Å². The maximum atomic E-state index is 10.3. The first-order valence-electron chi connectivity index (χ1n) is 2.25. The Kier molecular flexibility index (Phi) is 4.20. The van der Waals surface area contributed by atoms with E-state index in [-0.39, 0.29) is 13.0 Å². The van der Waals surface area contributed by atoms with Crippen molar-refractivity contribution in [3.63, 3.8) is 0 Å². The fourth-order valence-corrected chi connectivity index (χ4v) is 0.563. The van der Waals surface area contributed by atoms with Gasteiger partial charge in [0.05, 0.1) is 0 Å². The standard InChI is InChI=1S/C3H8N2O3S/c4-2-1-3(6)5-9(7)8/h1-2,4H2,(H,5,6)(H,7,8)/p-1. The van der Waals surface area contributed by atoms with Gasteiger partial charge in [0.1, 0.15) is 0 Å². The second kappa shape index (κ2) is 4.42. The number of amides is 1. The van der Waals surface area contributed by atoms with Crippen LogP contribution in [0.2, 0.25) is 0 Å². The van der Waals surface area contributed by atoms with Crippen LogP contribution in [-0.2, 0) is 16.1 Å². The van der Waals surface area contributed by atoms with Crippen LogP contribution < -0.4 is 10.5 Å². The summed E-state index contributed by atoms with van der Waals surface area (Å²) >= 11 is -2.50. The molecule has 0 heterocycles. The zero-order valence-corrected chi connectivity index (χ0v) is 5.44. The van der Waals surface area contributed by atoms with Crippen molar-refractivity contribution < 1.29 is 13.6 Å². The molecule has 0 radical (unpaired) electrons. The predicted molar refractivity (Wildman–Crippen MR) is 30.7 cm³/mol. The zero-order valence-electron chi connectivity index (χ0n) is 4.62. The summed E-state index contributed by atoms with van der Waals surface area (Å²) < 4.78 is 21.1. The first-order valence-corrected chi connectivity index (χ1v) is 3.33. The average molecular weight is 151 g/mol. The molecule has 0 rings (SSSR count). The van der Waals surface area contributed by atoms with E-state index in [9.17, 15) is 13.6 Å². The summed E-state index contributed by atoms with van der Waals surface area (Å²) in [6.07, 6.45) is 0.0357. The number of carbonyl (C=O) groups excluding carboxylic acids is 1. The summed E-state index contributed by atoms with van der Waals surface area (Å²) in [4.78, 5) is 10.3. The van der Waals surface area contributed by atoms with Gasteiger partial charge < -0.3 is 10.3 Å². The summed E-state index contributed by atoms with van der Waals surface area (Å²) in [7, 11) is 0. The summed E-state index contributed by atoms with van der Waals surface area (Å²) in [5.74, 6) is -0.578. The quantitative estimate of drug-likeness (QED) is 0.467. The van der Waals surface area contributed by atoms with Crippen molar-refractivity contribution in [2.45, 2.75) is 6.42 Å². The lowest BCUT2D eigenvalue weighted by atomic mass is 10.4. The van der Waals surface area contributed by atoms with Crippen molar-refractivity contribution in [1.29, 1.82) is 0 Å². The summed E-state index contributed by atoms with van der Waals surface area (Å²) in [6.45, 7) is 0.156. The summed E-state index contributed by atoms with van der Waals surface area (Å²) in [5.41, 5.74) is 4.94. The number of rotatable bonds is 3. The summed E-state index contributed by atoms with van der Waals surface area (Å²) in [6, 6.07) is 0. The van der Waals surface area contributed by atoms with E-state index in [0.717, 1.165) is 0 Å². The number of nitrogens with two attached hydrogens (primary N) is 1. The molecule has 54 valence electrons. The molecule has 0 aliphatic heterocycles. The van der Waals surface area contributed by atoms with E-state index in [2.05, 4.69) is 0 Å². The van der Waals surface area contributed by atoms with Crippen LogP contribution in [0.5, 0.6) is 0 Å². The number of hydrogen-bond acceptors (Lipinski definition) is 4. The fourth-order valence-electron chi connectivity index (χ4n) is 0.275. The molecule has 1 amide bonds. The number of carbonyl (C=O) groups is 1. The monoisotopic (exact) mass is 151 g/mol. The minimum atomic E-state index is -2.50. The fraction of sp³-hybridized carbons (Fsp3) is 0.667. The van der Waals surface area contributed by atoms with Crippen molar-refractivity contribution in [2.24, 2.45) is 5.73 Å². The van der Waals surface area contributed by atoms with E-state index < -0.39 is 17.2 Å². The Morgan fingerprint density at radius 1 is 1.78 bits per heavy atom. The van der Waals surface area contributed by atoms with Gasteiger partial charge in [0, 0.05) is 24.2 Å². The first-order chi connectivity index (χ1) is 4.16. The van der Waals surface area contributed by atoms with Gasteiger partial charge in [0.2, 0.25) is 5.91 Å². The Bertz CT molecular complexity index is 126. The van der Waals surface area contributed by atoms with E-state index in [1.54, 1.807) is 4.72 Å². The zero-order chi connectivity index (χ0) is 7.28. The first kappa shape index (κ1) is 8.54. The lowest BCUT2D eigenvalue weighted by Crippen LogP contribution is -2.26. The Labute approximate surface area is 55.0 Å². The molecule has 0 aliphatic rings. The highest BCUT2D eigenvalue weighted by Gasteiger charge is 1.95. The minimum absolute atomic E-state index is 0.0357. The molecular formula is C3H7N2O3S-. The lowest BCUT2D eigenvalue weighted by molar-refractivity contribution is -0.119. The third-order valence-electron chi connectivity index (χ3n) is 0.569. The predicted octanol–water partition coefficient (Wildman–Crippen LogP) is -1.75. The van der Waals surface area contributed by atoms with Crippen molar-refractivity contribution >= 4 is 17.2 Å². The van der Waals surface area contributed by atoms with Gasteiger partial charge in [0.15, 0.2) is 0 Å². The molecule has 0 bridgehead atoms. The van der Waals surface area contributed by atoms with Gasteiger partial charge >= 0.3 is 0 Å². The largest absolute Gasteiger partial charge is 0.755 e. The van der Waals surface area contributed by atoms with Crippen LogP contribution in [0.15, 0.2) is 0 Å². The second-order valence-corrected chi connectivity index (χ2v) is 1.97. The molecule has 6 heteroatoms. The molecule has 0 spiro atoms. The molecule has 3 N–H and O–H groups in total. The van der Waals surface area contributed by atoms with E-state index in [1.807, 2.05) is 0 Å². The molecule has 0 aromatic rings. The molecule has 0 saturated heterocycles. The van der Waals surface area contributed by atoms with Gasteiger partial charge in [-0.25, -0.2) is 0 Å². The molecule has 0 saturated carbocycles. The van der Waals surface area contributed by atoms with Crippen LogP contribution in [0.1, 0.15) is 6.42 Å².